The van der Waals surface area contributed by atoms with Crippen LogP contribution in [-0.2, 0) is 4.74 Å². The first kappa shape index (κ1) is 13.3. The summed E-state index contributed by atoms with van der Waals surface area (Å²) in [7, 11) is 2.82. The van der Waals surface area contributed by atoms with Crippen LogP contribution in [0.3, 0.4) is 0 Å². The largest absolute Gasteiger partial charge is 0.493 e. The SMILES string of the molecule is COC(=O)c1cc(OC)c(OCC(C)C)cn1. The van der Waals surface area contributed by atoms with Gasteiger partial charge in [0.2, 0.25) is 0 Å². The molecule has 1 heterocycles. The van der Waals surface area contributed by atoms with Crippen molar-refractivity contribution in [3.05, 3.63) is 18.0 Å². The maximum absolute atomic E-state index is 11.3. The van der Waals surface area contributed by atoms with Gasteiger partial charge in [0.1, 0.15) is 0 Å². The van der Waals surface area contributed by atoms with E-state index in [0.29, 0.717) is 24.0 Å². The van der Waals surface area contributed by atoms with Crippen molar-refractivity contribution >= 4 is 5.97 Å². The maximum atomic E-state index is 11.3. The number of hydrogen-bond acceptors (Lipinski definition) is 5. The van der Waals surface area contributed by atoms with Crippen molar-refractivity contribution in [1.82, 2.24) is 4.98 Å². The topological polar surface area (TPSA) is 57.7 Å². The Morgan fingerprint density at radius 1 is 1.35 bits per heavy atom. The van der Waals surface area contributed by atoms with Crippen molar-refractivity contribution in [3.63, 3.8) is 0 Å². The van der Waals surface area contributed by atoms with Gasteiger partial charge in [0.25, 0.3) is 0 Å². The third-order valence-electron chi connectivity index (χ3n) is 2.02. The molecule has 0 amide bonds. The zero-order valence-electron chi connectivity index (χ0n) is 10.5. The number of carbonyl (C=O) groups is 1. The summed E-state index contributed by atoms with van der Waals surface area (Å²) in [5, 5.41) is 0. The number of ether oxygens (including phenoxy) is 3. The van der Waals surface area contributed by atoms with Crippen LogP contribution in [-0.4, -0.2) is 31.8 Å². The van der Waals surface area contributed by atoms with Gasteiger partial charge in [-0.15, -0.1) is 0 Å². The molecule has 94 valence electrons. The van der Waals surface area contributed by atoms with Crippen molar-refractivity contribution in [3.8, 4) is 11.5 Å². The van der Waals surface area contributed by atoms with Crippen molar-refractivity contribution in [2.75, 3.05) is 20.8 Å². The molecule has 17 heavy (non-hydrogen) atoms. The lowest BCUT2D eigenvalue weighted by atomic mass is 10.2. The molecule has 0 saturated heterocycles. The van der Waals surface area contributed by atoms with E-state index in [0.717, 1.165) is 0 Å². The van der Waals surface area contributed by atoms with E-state index in [1.165, 1.54) is 26.5 Å². The van der Waals surface area contributed by atoms with Gasteiger partial charge in [0, 0.05) is 6.07 Å². The standard InChI is InChI=1S/C12H17NO4/c1-8(2)7-17-11-6-13-9(12(14)16-4)5-10(11)15-3/h5-6,8H,7H2,1-4H3. The number of hydrogen-bond donors (Lipinski definition) is 0. The molecule has 0 bridgehead atoms. The van der Waals surface area contributed by atoms with Crippen LogP contribution in [0.2, 0.25) is 0 Å². The van der Waals surface area contributed by atoms with Crippen molar-refractivity contribution in [2.45, 2.75) is 13.8 Å². The Kier molecular flexibility index (Phi) is 4.75. The number of aromatic nitrogens is 1. The van der Waals surface area contributed by atoms with Crippen molar-refractivity contribution < 1.29 is 19.0 Å². The van der Waals surface area contributed by atoms with Crippen LogP contribution in [0, 0.1) is 5.92 Å². The summed E-state index contributed by atoms with van der Waals surface area (Å²) in [5.41, 5.74) is 0.196. The Labute approximate surface area is 101 Å². The first-order valence-electron chi connectivity index (χ1n) is 5.33. The molecule has 0 unspecified atom stereocenters. The zero-order valence-corrected chi connectivity index (χ0v) is 10.5. The normalized spacial score (nSPS) is 10.2. The minimum atomic E-state index is -0.501. The van der Waals surface area contributed by atoms with Gasteiger partial charge in [0.15, 0.2) is 17.2 Å². The highest BCUT2D eigenvalue weighted by atomic mass is 16.5. The van der Waals surface area contributed by atoms with E-state index in [1.54, 1.807) is 0 Å². The number of nitrogens with zero attached hydrogens (tertiary/aromatic N) is 1. The minimum absolute atomic E-state index is 0.196. The van der Waals surface area contributed by atoms with Crippen LogP contribution >= 0.6 is 0 Å². The number of esters is 1. The van der Waals surface area contributed by atoms with Gasteiger partial charge in [-0.1, -0.05) is 13.8 Å². The van der Waals surface area contributed by atoms with E-state index >= 15 is 0 Å². The van der Waals surface area contributed by atoms with Crippen LogP contribution in [0.4, 0.5) is 0 Å². The Morgan fingerprint density at radius 3 is 2.59 bits per heavy atom. The summed E-state index contributed by atoms with van der Waals surface area (Å²) in [6, 6.07) is 1.50. The third-order valence-corrected chi connectivity index (χ3v) is 2.02. The lowest BCUT2D eigenvalue weighted by Gasteiger charge is -2.12. The molecule has 0 spiro atoms. The van der Waals surface area contributed by atoms with Gasteiger partial charge in [-0.05, 0) is 5.92 Å². The number of rotatable bonds is 5. The van der Waals surface area contributed by atoms with Crippen LogP contribution in [0.1, 0.15) is 24.3 Å². The molecule has 0 N–H and O–H groups in total. The Balaban J connectivity index is 2.89. The van der Waals surface area contributed by atoms with Gasteiger partial charge in [-0.2, -0.15) is 0 Å². The van der Waals surface area contributed by atoms with E-state index in [2.05, 4.69) is 9.72 Å². The minimum Gasteiger partial charge on any atom is -0.493 e. The molecule has 0 aliphatic rings. The average molecular weight is 239 g/mol. The highest BCUT2D eigenvalue weighted by Crippen LogP contribution is 2.27. The lowest BCUT2D eigenvalue weighted by molar-refractivity contribution is 0.0593. The lowest BCUT2D eigenvalue weighted by Crippen LogP contribution is -2.08. The first-order chi connectivity index (χ1) is 8.08. The second kappa shape index (κ2) is 6.08. The molecular formula is C12H17NO4. The van der Waals surface area contributed by atoms with Gasteiger partial charge >= 0.3 is 5.97 Å². The highest BCUT2D eigenvalue weighted by molar-refractivity contribution is 5.87. The molecule has 1 aromatic rings. The summed E-state index contributed by atoms with van der Waals surface area (Å²) < 4.78 is 15.2. The fraction of sp³-hybridized carbons (Fsp3) is 0.500. The predicted molar refractivity (Wildman–Crippen MR) is 62.5 cm³/mol. The second-order valence-electron chi connectivity index (χ2n) is 3.92. The zero-order chi connectivity index (χ0) is 12.8. The van der Waals surface area contributed by atoms with Gasteiger partial charge in [-0.3, -0.25) is 0 Å². The molecule has 5 heteroatoms. The quantitative estimate of drug-likeness (QED) is 0.734. The van der Waals surface area contributed by atoms with Gasteiger partial charge in [-0.25, -0.2) is 9.78 Å². The van der Waals surface area contributed by atoms with Crippen molar-refractivity contribution in [2.24, 2.45) is 5.92 Å². The summed E-state index contributed by atoms with van der Waals surface area (Å²) in [6.07, 6.45) is 1.47. The molecular weight excluding hydrogens is 222 g/mol. The fourth-order valence-corrected chi connectivity index (χ4v) is 1.16. The van der Waals surface area contributed by atoms with Crippen LogP contribution in [0.5, 0.6) is 11.5 Å². The fourth-order valence-electron chi connectivity index (χ4n) is 1.16. The van der Waals surface area contributed by atoms with Crippen LogP contribution in [0.15, 0.2) is 12.3 Å². The molecule has 0 aliphatic carbocycles. The number of pyridine rings is 1. The maximum Gasteiger partial charge on any atom is 0.356 e. The first-order valence-corrected chi connectivity index (χ1v) is 5.33. The van der Waals surface area contributed by atoms with Crippen LogP contribution in [0.25, 0.3) is 0 Å². The Bertz CT molecular complexity index is 390. The number of carbonyl (C=O) groups excluding carboxylic acids is 1. The van der Waals surface area contributed by atoms with E-state index in [9.17, 15) is 4.79 Å². The van der Waals surface area contributed by atoms with E-state index in [-0.39, 0.29) is 5.69 Å². The summed E-state index contributed by atoms with van der Waals surface area (Å²) in [5.74, 6) is 0.897. The second-order valence-corrected chi connectivity index (χ2v) is 3.92. The Morgan fingerprint density at radius 2 is 2.06 bits per heavy atom. The predicted octanol–water partition coefficient (Wildman–Crippen LogP) is 1.91. The highest BCUT2D eigenvalue weighted by Gasteiger charge is 2.13. The molecule has 0 fully saturated rings. The molecule has 0 saturated carbocycles. The van der Waals surface area contributed by atoms with E-state index < -0.39 is 5.97 Å². The molecule has 0 aromatic carbocycles. The van der Waals surface area contributed by atoms with Gasteiger partial charge < -0.3 is 14.2 Å². The third kappa shape index (κ3) is 3.62. The molecule has 1 aromatic heterocycles. The molecule has 0 aliphatic heterocycles. The molecule has 0 atom stereocenters. The van der Waals surface area contributed by atoms with Crippen molar-refractivity contribution in [1.29, 1.82) is 0 Å². The molecule has 0 radical (unpaired) electrons. The number of methoxy groups -OCH3 is 2. The summed E-state index contributed by atoms with van der Waals surface area (Å²) in [4.78, 5) is 15.2. The summed E-state index contributed by atoms with van der Waals surface area (Å²) >= 11 is 0. The van der Waals surface area contributed by atoms with Gasteiger partial charge in [0.05, 0.1) is 27.0 Å². The molecule has 1 rings (SSSR count). The smallest absolute Gasteiger partial charge is 0.356 e. The van der Waals surface area contributed by atoms with Crippen LogP contribution < -0.4 is 9.47 Å². The van der Waals surface area contributed by atoms with E-state index in [1.807, 2.05) is 13.8 Å². The average Bonchev–Trinajstić information content (AvgIpc) is 2.34. The van der Waals surface area contributed by atoms with E-state index in [4.69, 9.17) is 9.47 Å². The monoisotopic (exact) mass is 239 g/mol. The molecule has 5 nitrogen and oxygen atoms in total. The summed E-state index contributed by atoms with van der Waals surface area (Å²) in [6.45, 7) is 4.65. The Hall–Kier alpha value is -1.78.